The molecule has 4 heteroatoms. The van der Waals surface area contributed by atoms with Gasteiger partial charge in [-0.25, -0.2) is 0 Å². The number of carbonyl (C=O) groups excluding carboxylic acids is 1. The molecule has 2 aromatic carbocycles. The molecule has 1 amide bonds. The van der Waals surface area contributed by atoms with E-state index in [1.807, 2.05) is 42.5 Å². The maximum absolute atomic E-state index is 12.0. The smallest absolute Gasteiger partial charge is 0.264 e. The Hall–Kier alpha value is -3.06. The highest BCUT2D eigenvalue weighted by Crippen LogP contribution is 2.24. The summed E-state index contributed by atoms with van der Waals surface area (Å²) in [6.45, 7) is 0. The van der Waals surface area contributed by atoms with Crippen LogP contribution in [0.1, 0.15) is 16.7 Å². The predicted octanol–water partition coefficient (Wildman–Crippen LogP) is 3.28. The molecule has 0 aliphatic heterocycles. The zero-order valence-electron chi connectivity index (χ0n) is 14.1. The largest absolute Gasteiger partial charge is 0.496 e. The van der Waals surface area contributed by atoms with E-state index in [1.165, 1.54) is 10.5 Å². The summed E-state index contributed by atoms with van der Waals surface area (Å²) in [5.74, 6) is 0.478. The molecule has 0 atom stereocenters. The first kappa shape index (κ1) is 17.3. The summed E-state index contributed by atoms with van der Waals surface area (Å²) in [5, 5.41) is 9.22. The zero-order valence-corrected chi connectivity index (χ0v) is 14.1. The van der Waals surface area contributed by atoms with Gasteiger partial charge in [-0.2, -0.15) is 5.26 Å². The molecule has 0 spiro atoms. The van der Waals surface area contributed by atoms with Gasteiger partial charge in [0.2, 0.25) is 0 Å². The molecule has 24 heavy (non-hydrogen) atoms. The number of benzene rings is 2. The van der Waals surface area contributed by atoms with Crippen molar-refractivity contribution in [2.75, 3.05) is 21.2 Å². The van der Waals surface area contributed by atoms with Gasteiger partial charge in [-0.3, -0.25) is 4.79 Å². The summed E-state index contributed by atoms with van der Waals surface area (Å²) in [7, 11) is 4.89. The van der Waals surface area contributed by atoms with E-state index in [4.69, 9.17) is 4.74 Å². The highest BCUT2D eigenvalue weighted by atomic mass is 16.5. The molecule has 2 rings (SSSR count). The van der Waals surface area contributed by atoms with Gasteiger partial charge in [0.1, 0.15) is 17.4 Å². The van der Waals surface area contributed by atoms with Crippen molar-refractivity contribution in [3.05, 3.63) is 70.8 Å². The van der Waals surface area contributed by atoms with Crippen molar-refractivity contribution < 1.29 is 9.53 Å². The molecule has 0 heterocycles. The molecule has 0 fully saturated rings. The maximum atomic E-state index is 12.0. The van der Waals surface area contributed by atoms with Gasteiger partial charge in [0.05, 0.1) is 7.11 Å². The van der Waals surface area contributed by atoms with E-state index in [-0.39, 0.29) is 11.5 Å². The highest BCUT2D eigenvalue weighted by molar-refractivity contribution is 6.01. The van der Waals surface area contributed by atoms with Crippen LogP contribution in [-0.4, -0.2) is 32.0 Å². The topological polar surface area (TPSA) is 53.3 Å². The molecule has 0 unspecified atom stereocenters. The molecule has 4 nitrogen and oxygen atoms in total. The minimum Gasteiger partial charge on any atom is -0.496 e. The molecule has 0 saturated carbocycles. The third-order valence-electron chi connectivity index (χ3n) is 3.61. The first-order chi connectivity index (χ1) is 11.5. The molecule has 0 aromatic heterocycles. The van der Waals surface area contributed by atoms with Gasteiger partial charge in [0.25, 0.3) is 5.91 Å². The number of hydrogen-bond acceptors (Lipinski definition) is 3. The van der Waals surface area contributed by atoms with Gasteiger partial charge in [0.15, 0.2) is 0 Å². The minimum absolute atomic E-state index is 0.107. The summed E-state index contributed by atoms with van der Waals surface area (Å²) >= 11 is 0. The van der Waals surface area contributed by atoms with E-state index in [0.29, 0.717) is 0 Å². The van der Waals surface area contributed by atoms with Gasteiger partial charge in [0, 0.05) is 20.5 Å². The Kier molecular flexibility index (Phi) is 5.75. The van der Waals surface area contributed by atoms with Gasteiger partial charge in [-0.1, -0.05) is 36.4 Å². The van der Waals surface area contributed by atoms with Crippen molar-refractivity contribution >= 4 is 12.0 Å². The number of hydrogen-bond donors (Lipinski definition) is 0. The van der Waals surface area contributed by atoms with Gasteiger partial charge >= 0.3 is 0 Å². The van der Waals surface area contributed by atoms with Gasteiger partial charge < -0.3 is 9.64 Å². The second-order valence-electron chi connectivity index (χ2n) is 5.60. The van der Waals surface area contributed by atoms with Crippen molar-refractivity contribution in [3.63, 3.8) is 0 Å². The van der Waals surface area contributed by atoms with Crippen molar-refractivity contribution in [2.45, 2.75) is 6.42 Å². The van der Waals surface area contributed by atoms with Crippen molar-refractivity contribution in [1.82, 2.24) is 4.90 Å². The van der Waals surface area contributed by atoms with E-state index >= 15 is 0 Å². The number of carbonyl (C=O) groups is 1. The van der Waals surface area contributed by atoms with Crippen molar-refractivity contribution in [1.29, 1.82) is 5.26 Å². The molecule has 2 aromatic rings. The Balaban J connectivity index is 2.38. The SMILES string of the molecule is COc1ccc(/C=C(/C#N)C(=O)N(C)C)cc1Cc1ccccc1. The van der Waals surface area contributed by atoms with Crippen LogP contribution in [0.2, 0.25) is 0 Å². The highest BCUT2D eigenvalue weighted by Gasteiger charge is 2.12. The van der Waals surface area contributed by atoms with Crippen LogP contribution in [0.25, 0.3) is 6.08 Å². The summed E-state index contributed by atoms with van der Waals surface area (Å²) in [5.41, 5.74) is 3.08. The quantitative estimate of drug-likeness (QED) is 0.627. The first-order valence-corrected chi connectivity index (χ1v) is 7.59. The average molecular weight is 320 g/mol. The van der Waals surface area contributed by atoms with Crippen LogP contribution in [0, 0.1) is 11.3 Å². The fraction of sp³-hybridized carbons (Fsp3) is 0.200. The number of methoxy groups -OCH3 is 1. The van der Waals surface area contributed by atoms with E-state index in [9.17, 15) is 10.1 Å². The van der Waals surface area contributed by atoms with Crippen LogP contribution in [0.4, 0.5) is 0 Å². The fourth-order valence-corrected chi connectivity index (χ4v) is 2.39. The molecule has 0 bridgehead atoms. The standard InChI is InChI=1S/C20H20N2O2/c1-22(2)20(23)18(14-21)13-16-9-10-19(24-3)17(12-16)11-15-7-5-4-6-8-15/h4-10,12-13H,11H2,1-3H3/b18-13-. The number of ether oxygens (including phenoxy) is 1. The molecule has 0 N–H and O–H groups in total. The lowest BCUT2D eigenvalue weighted by atomic mass is 10.0. The number of likely N-dealkylation sites (N-methyl/N-ethyl adjacent to an activating group) is 1. The number of nitrogens with zero attached hydrogens (tertiary/aromatic N) is 2. The number of nitriles is 1. The lowest BCUT2D eigenvalue weighted by molar-refractivity contribution is -0.124. The average Bonchev–Trinajstić information content (AvgIpc) is 2.60. The van der Waals surface area contributed by atoms with Crippen molar-refractivity contribution in [2.24, 2.45) is 0 Å². The third-order valence-corrected chi connectivity index (χ3v) is 3.61. The lowest BCUT2D eigenvalue weighted by Crippen LogP contribution is -2.22. The fourth-order valence-electron chi connectivity index (χ4n) is 2.39. The second-order valence-corrected chi connectivity index (χ2v) is 5.60. The van der Waals surface area contributed by atoms with E-state index in [2.05, 4.69) is 12.1 Å². The first-order valence-electron chi connectivity index (χ1n) is 7.59. The summed E-state index contributed by atoms with van der Waals surface area (Å²) in [6, 6.07) is 17.7. The Morgan fingerprint density at radius 2 is 1.92 bits per heavy atom. The van der Waals surface area contributed by atoms with Crippen LogP contribution in [0.3, 0.4) is 0 Å². The second kappa shape index (κ2) is 7.98. The summed E-state index contributed by atoms with van der Waals surface area (Å²) in [4.78, 5) is 13.4. The van der Waals surface area contributed by atoms with Crippen LogP contribution >= 0.6 is 0 Å². The van der Waals surface area contributed by atoms with Crippen LogP contribution in [-0.2, 0) is 11.2 Å². The third kappa shape index (κ3) is 4.23. The van der Waals surface area contributed by atoms with Crippen LogP contribution in [0.5, 0.6) is 5.75 Å². The van der Waals surface area contributed by atoms with Gasteiger partial charge in [-0.15, -0.1) is 0 Å². The van der Waals surface area contributed by atoms with Crippen LogP contribution in [0.15, 0.2) is 54.1 Å². The molecular formula is C20H20N2O2. The maximum Gasteiger partial charge on any atom is 0.264 e. The monoisotopic (exact) mass is 320 g/mol. The van der Waals surface area contributed by atoms with E-state index in [0.717, 1.165) is 23.3 Å². The lowest BCUT2D eigenvalue weighted by Gasteiger charge is -2.11. The minimum atomic E-state index is -0.307. The molecule has 0 aliphatic carbocycles. The molecule has 0 saturated heterocycles. The van der Waals surface area contributed by atoms with E-state index < -0.39 is 0 Å². The van der Waals surface area contributed by atoms with Crippen molar-refractivity contribution in [3.8, 4) is 11.8 Å². The van der Waals surface area contributed by atoms with E-state index in [1.54, 1.807) is 27.3 Å². The molecule has 0 aliphatic rings. The summed E-state index contributed by atoms with van der Waals surface area (Å²) in [6.07, 6.45) is 2.32. The van der Waals surface area contributed by atoms with Crippen LogP contribution < -0.4 is 4.74 Å². The molecule has 122 valence electrons. The summed E-state index contributed by atoms with van der Waals surface area (Å²) < 4.78 is 5.43. The predicted molar refractivity (Wildman–Crippen MR) is 94.5 cm³/mol. The Labute approximate surface area is 142 Å². The Morgan fingerprint density at radius 3 is 2.50 bits per heavy atom. The number of rotatable bonds is 5. The Bertz CT molecular complexity index is 787. The zero-order chi connectivity index (χ0) is 17.5. The molecular weight excluding hydrogens is 300 g/mol. The Morgan fingerprint density at radius 1 is 1.21 bits per heavy atom. The normalized spacial score (nSPS) is 10.8. The molecule has 0 radical (unpaired) electrons. The number of amides is 1. The van der Waals surface area contributed by atoms with Gasteiger partial charge in [-0.05, 0) is 34.9 Å².